The Morgan fingerprint density at radius 1 is 1.03 bits per heavy atom. The van der Waals surface area contributed by atoms with Crippen molar-refractivity contribution in [1.82, 2.24) is 15.2 Å². The molecule has 3 aromatic carbocycles. The summed E-state index contributed by atoms with van der Waals surface area (Å²) >= 11 is 5.39. The highest BCUT2D eigenvalue weighted by atomic mass is 32.1. The second-order valence-electron chi connectivity index (χ2n) is 7.60. The first-order valence-corrected chi connectivity index (χ1v) is 11.4. The van der Waals surface area contributed by atoms with Crippen molar-refractivity contribution in [3.05, 3.63) is 84.6 Å². The zero-order valence-corrected chi connectivity index (χ0v) is 19.8. The van der Waals surface area contributed by atoms with Gasteiger partial charge in [-0.05, 0) is 54.7 Å². The molecule has 2 heterocycles. The fourth-order valence-corrected chi connectivity index (χ4v) is 3.83. The van der Waals surface area contributed by atoms with Crippen LogP contribution in [0.5, 0.6) is 17.2 Å². The van der Waals surface area contributed by atoms with E-state index in [1.54, 1.807) is 13.3 Å². The summed E-state index contributed by atoms with van der Waals surface area (Å²) in [5, 5.41) is 12.6. The number of nitrogens with zero attached hydrogens (tertiary/aromatic N) is 3. The first-order chi connectivity index (χ1) is 17.2. The fourth-order valence-electron chi connectivity index (χ4n) is 3.67. The van der Waals surface area contributed by atoms with Crippen molar-refractivity contribution in [1.29, 1.82) is 0 Å². The topological polar surface area (TPSA) is 81.9 Å². The molecule has 0 amide bonds. The lowest BCUT2D eigenvalue weighted by Crippen LogP contribution is -2.24. The summed E-state index contributed by atoms with van der Waals surface area (Å²) in [7, 11) is 1.61. The molecule has 0 bridgehead atoms. The minimum Gasteiger partial charge on any atom is -0.495 e. The van der Waals surface area contributed by atoms with Gasteiger partial charge in [-0.3, -0.25) is 5.43 Å². The Morgan fingerprint density at radius 2 is 1.80 bits per heavy atom. The summed E-state index contributed by atoms with van der Waals surface area (Å²) in [6.07, 6.45) is 3.61. The van der Waals surface area contributed by atoms with Gasteiger partial charge in [0.25, 0.3) is 0 Å². The van der Waals surface area contributed by atoms with Gasteiger partial charge in [0.1, 0.15) is 24.7 Å². The van der Waals surface area contributed by atoms with Crippen LogP contribution < -0.4 is 25.0 Å². The van der Waals surface area contributed by atoms with Crippen molar-refractivity contribution in [2.24, 2.45) is 5.10 Å². The maximum absolute atomic E-state index is 5.76. The van der Waals surface area contributed by atoms with Crippen molar-refractivity contribution in [2.45, 2.75) is 0 Å². The number of para-hydroxylation sites is 3. The average molecular weight is 486 g/mol. The molecule has 0 atom stereocenters. The predicted octanol–water partition coefficient (Wildman–Crippen LogP) is 4.64. The standard InChI is InChI=1S/C26H23N5O3S/c1-32-22-10-6-5-9-21(22)28-26(35)29-27-16-19-17-31(20-7-3-2-4-8-20)30-25(19)18-11-12-23-24(15-18)34-14-13-33-23/h2-12,15-17H,13-14H2,1H3,(H2,28,29,35). The van der Waals surface area contributed by atoms with Crippen LogP contribution in [0.1, 0.15) is 5.56 Å². The molecule has 0 aliphatic carbocycles. The van der Waals surface area contributed by atoms with E-state index < -0.39 is 0 Å². The van der Waals surface area contributed by atoms with Crippen molar-refractivity contribution in [3.8, 4) is 34.2 Å². The minimum atomic E-state index is 0.335. The lowest BCUT2D eigenvalue weighted by molar-refractivity contribution is 0.171. The molecule has 1 aliphatic heterocycles. The smallest absolute Gasteiger partial charge is 0.191 e. The zero-order valence-electron chi connectivity index (χ0n) is 19.0. The molecule has 1 aliphatic rings. The molecule has 9 heteroatoms. The van der Waals surface area contributed by atoms with Gasteiger partial charge in [-0.25, -0.2) is 4.68 Å². The molecule has 176 valence electrons. The van der Waals surface area contributed by atoms with Gasteiger partial charge in [0.2, 0.25) is 0 Å². The van der Waals surface area contributed by atoms with Crippen LogP contribution in [0.25, 0.3) is 16.9 Å². The molecule has 4 aromatic rings. The number of aromatic nitrogens is 2. The monoisotopic (exact) mass is 485 g/mol. The predicted molar refractivity (Wildman–Crippen MR) is 140 cm³/mol. The molecular weight excluding hydrogens is 462 g/mol. The van der Waals surface area contributed by atoms with Crippen LogP contribution in [-0.4, -0.2) is 41.4 Å². The van der Waals surface area contributed by atoms with Gasteiger partial charge in [0, 0.05) is 17.3 Å². The van der Waals surface area contributed by atoms with Crippen LogP contribution >= 0.6 is 12.2 Å². The first kappa shape index (κ1) is 22.4. The average Bonchev–Trinajstić information content (AvgIpc) is 3.33. The Hall–Kier alpha value is -4.37. The van der Waals surface area contributed by atoms with Crippen LogP contribution in [-0.2, 0) is 0 Å². The van der Waals surface area contributed by atoms with Crippen LogP contribution in [0, 0.1) is 0 Å². The molecule has 2 N–H and O–H groups in total. The Morgan fingerprint density at radius 3 is 2.63 bits per heavy atom. The normalized spacial score (nSPS) is 12.4. The van der Waals surface area contributed by atoms with Gasteiger partial charge in [0.05, 0.1) is 24.7 Å². The molecular formula is C26H23N5O3S. The SMILES string of the molecule is COc1ccccc1NC(=S)NN=Cc1cn(-c2ccccc2)nc1-c1ccc2c(c1)OCCO2. The number of ether oxygens (including phenoxy) is 3. The lowest BCUT2D eigenvalue weighted by atomic mass is 10.1. The van der Waals surface area contributed by atoms with E-state index in [0.717, 1.165) is 33.9 Å². The Balaban J connectivity index is 1.41. The van der Waals surface area contributed by atoms with E-state index in [9.17, 15) is 0 Å². The summed E-state index contributed by atoms with van der Waals surface area (Å²) < 4.78 is 18.6. The number of hydrogen-bond donors (Lipinski definition) is 2. The Kier molecular flexibility index (Phi) is 6.58. The third kappa shape index (κ3) is 5.10. The number of fused-ring (bicyclic) bond motifs is 1. The van der Waals surface area contributed by atoms with E-state index in [4.69, 9.17) is 31.5 Å². The number of methoxy groups -OCH3 is 1. The molecule has 0 saturated carbocycles. The van der Waals surface area contributed by atoms with E-state index >= 15 is 0 Å². The number of hydrazone groups is 1. The van der Waals surface area contributed by atoms with Crippen molar-refractivity contribution in [3.63, 3.8) is 0 Å². The van der Waals surface area contributed by atoms with Gasteiger partial charge in [-0.15, -0.1) is 0 Å². The van der Waals surface area contributed by atoms with E-state index in [1.165, 1.54) is 0 Å². The van der Waals surface area contributed by atoms with Gasteiger partial charge in [-0.1, -0.05) is 30.3 Å². The molecule has 1 aromatic heterocycles. The van der Waals surface area contributed by atoms with Gasteiger partial charge in [0.15, 0.2) is 16.6 Å². The summed E-state index contributed by atoms with van der Waals surface area (Å²) in [5.74, 6) is 2.11. The summed E-state index contributed by atoms with van der Waals surface area (Å²) in [4.78, 5) is 0. The highest BCUT2D eigenvalue weighted by Crippen LogP contribution is 2.35. The van der Waals surface area contributed by atoms with E-state index in [2.05, 4.69) is 15.8 Å². The molecule has 8 nitrogen and oxygen atoms in total. The molecule has 0 spiro atoms. The fraction of sp³-hybridized carbons (Fsp3) is 0.115. The number of rotatable bonds is 6. The Bertz CT molecular complexity index is 1370. The summed E-state index contributed by atoms with van der Waals surface area (Å²) in [6, 6.07) is 23.2. The maximum Gasteiger partial charge on any atom is 0.191 e. The van der Waals surface area contributed by atoms with Crippen molar-refractivity contribution < 1.29 is 14.2 Å². The number of benzene rings is 3. The van der Waals surface area contributed by atoms with Crippen molar-refractivity contribution in [2.75, 3.05) is 25.6 Å². The molecule has 5 rings (SSSR count). The van der Waals surface area contributed by atoms with Crippen LogP contribution in [0.2, 0.25) is 0 Å². The molecule has 35 heavy (non-hydrogen) atoms. The molecule has 0 radical (unpaired) electrons. The summed E-state index contributed by atoms with van der Waals surface area (Å²) in [5.41, 5.74) is 6.99. The summed E-state index contributed by atoms with van der Waals surface area (Å²) in [6.45, 7) is 1.06. The second-order valence-corrected chi connectivity index (χ2v) is 8.00. The molecule has 0 fully saturated rings. The lowest BCUT2D eigenvalue weighted by Gasteiger charge is -2.18. The highest BCUT2D eigenvalue weighted by Gasteiger charge is 2.16. The minimum absolute atomic E-state index is 0.335. The van der Waals surface area contributed by atoms with Gasteiger partial charge >= 0.3 is 0 Å². The largest absolute Gasteiger partial charge is 0.495 e. The molecule has 0 unspecified atom stereocenters. The van der Waals surface area contributed by atoms with E-state index in [1.807, 2.05) is 83.7 Å². The van der Waals surface area contributed by atoms with Gasteiger partial charge in [-0.2, -0.15) is 10.2 Å². The number of thiocarbonyl (C=S) groups is 1. The Labute approximate surface area is 208 Å². The van der Waals surface area contributed by atoms with Gasteiger partial charge < -0.3 is 19.5 Å². The maximum atomic E-state index is 5.76. The third-order valence-electron chi connectivity index (χ3n) is 5.30. The highest BCUT2D eigenvalue weighted by molar-refractivity contribution is 7.80. The van der Waals surface area contributed by atoms with E-state index in [0.29, 0.717) is 29.8 Å². The first-order valence-electron chi connectivity index (χ1n) is 11.0. The molecule has 0 saturated heterocycles. The van der Waals surface area contributed by atoms with Crippen LogP contribution in [0.15, 0.2) is 84.1 Å². The van der Waals surface area contributed by atoms with Crippen LogP contribution in [0.4, 0.5) is 5.69 Å². The van der Waals surface area contributed by atoms with E-state index in [-0.39, 0.29) is 0 Å². The number of nitrogens with one attached hydrogen (secondary N) is 2. The quantitative estimate of drug-likeness (QED) is 0.234. The number of anilines is 1. The second kappa shape index (κ2) is 10.3. The zero-order chi connectivity index (χ0) is 24.0. The third-order valence-corrected chi connectivity index (χ3v) is 5.50. The van der Waals surface area contributed by atoms with Crippen LogP contribution in [0.3, 0.4) is 0 Å². The van der Waals surface area contributed by atoms with Crippen molar-refractivity contribution >= 4 is 29.2 Å². The number of hydrogen-bond acceptors (Lipinski definition) is 6.